The lowest BCUT2D eigenvalue weighted by Gasteiger charge is -2.20. The van der Waals surface area contributed by atoms with Crippen molar-refractivity contribution in [2.75, 3.05) is 44.6 Å². The van der Waals surface area contributed by atoms with Crippen LogP contribution in [0.3, 0.4) is 0 Å². The van der Waals surface area contributed by atoms with Crippen LogP contribution in [0.25, 0.3) is 0 Å². The Morgan fingerprint density at radius 2 is 1.44 bits per heavy atom. The highest BCUT2D eigenvalue weighted by Crippen LogP contribution is 2.31. The van der Waals surface area contributed by atoms with E-state index in [-0.39, 0.29) is 11.7 Å². The van der Waals surface area contributed by atoms with Crippen molar-refractivity contribution in [3.05, 3.63) is 114 Å². The number of hydrogen-bond donors (Lipinski definition) is 1. The Morgan fingerprint density at radius 3 is 2.15 bits per heavy atom. The molecule has 0 saturated carbocycles. The molecule has 39 heavy (non-hydrogen) atoms. The summed E-state index contributed by atoms with van der Waals surface area (Å²) in [5, 5.41) is 2.88. The molecule has 4 aromatic rings. The minimum absolute atomic E-state index is 0.123. The van der Waals surface area contributed by atoms with Gasteiger partial charge in [0, 0.05) is 47.7 Å². The molecule has 1 amide bonds. The number of ketones is 1. The number of rotatable bonds is 12. The number of amides is 1. The maximum Gasteiger partial charge on any atom is 0.255 e. The van der Waals surface area contributed by atoms with E-state index in [9.17, 15) is 9.59 Å². The summed E-state index contributed by atoms with van der Waals surface area (Å²) in [5.41, 5.74) is 3.13. The minimum atomic E-state index is -0.287. The average Bonchev–Trinajstić information content (AvgIpc) is 2.99. The molecule has 0 unspecified atom stereocenters. The van der Waals surface area contributed by atoms with Crippen molar-refractivity contribution in [2.24, 2.45) is 0 Å². The van der Waals surface area contributed by atoms with E-state index in [1.807, 2.05) is 55.6 Å². The first-order valence-corrected chi connectivity index (χ1v) is 12.7. The molecule has 0 saturated heterocycles. The molecule has 200 valence electrons. The standard InChI is InChI=1S/C32H32N2O5/c1-34(27-15-18-29(37-2)30(22-27)38-3)19-8-20-39-28-16-13-26(14-17-28)33-32(36)25-12-7-11-24(21-25)31(35)23-9-5-4-6-10-23/h4-7,9-18,21-22H,8,19-20H2,1-3H3,(H,33,36). The van der Waals surface area contributed by atoms with Gasteiger partial charge in [0.25, 0.3) is 5.91 Å². The topological polar surface area (TPSA) is 77.1 Å². The van der Waals surface area contributed by atoms with E-state index in [1.54, 1.807) is 62.8 Å². The van der Waals surface area contributed by atoms with Crippen LogP contribution in [-0.4, -0.2) is 46.1 Å². The van der Waals surface area contributed by atoms with E-state index < -0.39 is 0 Å². The van der Waals surface area contributed by atoms with Crippen LogP contribution in [0.5, 0.6) is 17.2 Å². The SMILES string of the molecule is COc1ccc(N(C)CCCOc2ccc(NC(=O)c3cccc(C(=O)c4ccccc4)c3)cc2)cc1OC. The van der Waals surface area contributed by atoms with Crippen LogP contribution >= 0.6 is 0 Å². The summed E-state index contributed by atoms with van der Waals surface area (Å²) in [6.45, 7) is 1.35. The van der Waals surface area contributed by atoms with Crippen molar-refractivity contribution in [1.82, 2.24) is 0 Å². The van der Waals surface area contributed by atoms with Gasteiger partial charge in [0.1, 0.15) is 5.75 Å². The van der Waals surface area contributed by atoms with Gasteiger partial charge in [0.2, 0.25) is 0 Å². The van der Waals surface area contributed by atoms with E-state index in [2.05, 4.69) is 10.2 Å². The van der Waals surface area contributed by atoms with Crippen molar-refractivity contribution in [3.8, 4) is 17.2 Å². The molecule has 7 heteroatoms. The van der Waals surface area contributed by atoms with Gasteiger partial charge in [0.15, 0.2) is 17.3 Å². The van der Waals surface area contributed by atoms with Crippen LogP contribution in [0.2, 0.25) is 0 Å². The monoisotopic (exact) mass is 524 g/mol. The lowest BCUT2D eigenvalue weighted by atomic mass is 10.0. The molecule has 0 aliphatic heterocycles. The normalized spacial score (nSPS) is 10.4. The van der Waals surface area contributed by atoms with Gasteiger partial charge in [-0.05, 0) is 55.0 Å². The minimum Gasteiger partial charge on any atom is -0.494 e. The Hall–Kier alpha value is -4.78. The van der Waals surface area contributed by atoms with Gasteiger partial charge in [0.05, 0.1) is 20.8 Å². The van der Waals surface area contributed by atoms with Crippen LogP contribution in [0.4, 0.5) is 11.4 Å². The highest BCUT2D eigenvalue weighted by Gasteiger charge is 2.13. The molecule has 4 aromatic carbocycles. The highest BCUT2D eigenvalue weighted by molar-refractivity contribution is 6.11. The Balaban J connectivity index is 1.26. The Morgan fingerprint density at radius 1 is 0.744 bits per heavy atom. The lowest BCUT2D eigenvalue weighted by molar-refractivity contribution is 0.102. The number of nitrogens with zero attached hydrogens (tertiary/aromatic N) is 1. The maximum atomic E-state index is 12.8. The molecule has 1 N–H and O–H groups in total. The number of ether oxygens (including phenoxy) is 3. The number of carbonyl (C=O) groups is 2. The second kappa shape index (κ2) is 13.1. The van der Waals surface area contributed by atoms with Gasteiger partial charge in [-0.2, -0.15) is 0 Å². The zero-order chi connectivity index (χ0) is 27.6. The third kappa shape index (κ3) is 7.17. The van der Waals surface area contributed by atoms with Gasteiger partial charge in [-0.15, -0.1) is 0 Å². The molecule has 0 atom stereocenters. The molecular weight excluding hydrogens is 492 g/mol. The van der Waals surface area contributed by atoms with Crippen LogP contribution in [0.1, 0.15) is 32.7 Å². The third-order valence-electron chi connectivity index (χ3n) is 6.25. The number of carbonyl (C=O) groups excluding carboxylic acids is 2. The van der Waals surface area contributed by atoms with Crippen LogP contribution in [0.15, 0.2) is 97.1 Å². The molecule has 7 nitrogen and oxygen atoms in total. The summed E-state index contributed by atoms with van der Waals surface area (Å²) in [6.07, 6.45) is 0.821. The molecule has 0 spiro atoms. The molecule has 0 heterocycles. The number of methoxy groups -OCH3 is 2. The third-order valence-corrected chi connectivity index (χ3v) is 6.25. The summed E-state index contributed by atoms with van der Waals surface area (Å²) >= 11 is 0. The lowest BCUT2D eigenvalue weighted by Crippen LogP contribution is -2.20. The summed E-state index contributed by atoms with van der Waals surface area (Å²) in [4.78, 5) is 27.7. The van der Waals surface area contributed by atoms with Crippen molar-refractivity contribution in [1.29, 1.82) is 0 Å². The smallest absolute Gasteiger partial charge is 0.255 e. The van der Waals surface area contributed by atoms with Crippen molar-refractivity contribution < 1.29 is 23.8 Å². The fourth-order valence-electron chi connectivity index (χ4n) is 4.08. The predicted octanol–water partition coefficient (Wildman–Crippen LogP) is 6.09. The van der Waals surface area contributed by atoms with E-state index in [4.69, 9.17) is 14.2 Å². The van der Waals surface area contributed by atoms with Crippen LogP contribution in [0, 0.1) is 0 Å². The first-order chi connectivity index (χ1) is 19.0. The second-order valence-electron chi connectivity index (χ2n) is 8.92. The van der Waals surface area contributed by atoms with E-state index in [0.29, 0.717) is 40.5 Å². The molecule has 0 aliphatic rings. The number of hydrogen-bond acceptors (Lipinski definition) is 6. The Labute approximate surface area is 228 Å². The van der Waals surface area contributed by atoms with Gasteiger partial charge in [-0.1, -0.05) is 42.5 Å². The molecule has 0 fully saturated rings. The number of nitrogens with one attached hydrogen (secondary N) is 1. The van der Waals surface area contributed by atoms with E-state index in [0.717, 1.165) is 24.4 Å². The fraction of sp³-hybridized carbons (Fsp3) is 0.188. The van der Waals surface area contributed by atoms with E-state index in [1.165, 1.54) is 0 Å². The zero-order valence-corrected chi connectivity index (χ0v) is 22.3. The average molecular weight is 525 g/mol. The first kappa shape index (κ1) is 27.3. The number of benzene rings is 4. The largest absolute Gasteiger partial charge is 0.494 e. The van der Waals surface area contributed by atoms with Gasteiger partial charge < -0.3 is 24.4 Å². The number of anilines is 2. The predicted molar refractivity (Wildman–Crippen MR) is 154 cm³/mol. The van der Waals surface area contributed by atoms with Crippen molar-refractivity contribution >= 4 is 23.1 Å². The Bertz CT molecular complexity index is 1400. The molecule has 0 radical (unpaired) electrons. The highest BCUT2D eigenvalue weighted by atomic mass is 16.5. The fourth-order valence-corrected chi connectivity index (χ4v) is 4.08. The van der Waals surface area contributed by atoms with E-state index >= 15 is 0 Å². The Kier molecular flexibility index (Phi) is 9.19. The van der Waals surface area contributed by atoms with Crippen molar-refractivity contribution in [2.45, 2.75) is 6.42 Å². The maximum absolute atomic E-state index is 12.8. The molecule has 0 aromatic heterocycles. The first-order valence-electron chi connectivity index (χ1n) is 12.7. The summed E-state index contributed by atoms with van der Waals surface area (Å²) < 4.78 is 16.6. The van der Waals surface area contributed by atoms with Crippen LogP contribution < -0.4 is 24.4 Å². The summed E-state index contributed by atoms with van der Waals surface area (Å²) in [5.74, 6) is 1.70. The van der Waals surface area contributed by atoms with Gasteiger partial charge >= 0.3 is 0 Å². The van der Waals surface area contributed by atoms with Crippen LogP contribution in [-0.2, 0) is 0 Å². The van der Waals surface area contributed by atoms with Crippen molar-refractivity contribution in [3.63, 3.8) is 0 Å². The van der Waals surface area contributed by atoms with Gasteiger partial charge in [-0.25, -0.2) is 0 Å². The molecule has 0 bridgehead atoms. The summed E-state index contributed by atoms with van der Waals surface area (Å²) in [6, 6.07) is 28.8. The van der Waals surface area contributed by atoms with Gasteiger partial charge in [-0.3, -0.25) is 9.59 Å². The summed E-state index contributed by atoms with van der Waals surface area (Å²) in [7, 11) is 5.26. The molecule has 4 rings (SSSR count). The second-order valence-corrected chi connectivity index (χ2v) is 8.92. The zero-order valence-electron chi connectivity index (χ0n) is 22.3. The molecule has 0 aliphatic carbocycles. The quantitative estimate of drug-likeness (QED) is 0.178. The molecular formula is C32H32N2O5.